The van der Waals surface area contributed by atoms with Gasteiger partial charge in [0.1, 0.15) is 5.75 Å². The molecule has 2 heteroatoms. The van der Waals surface area contributed by atoms with Gasteiger partial charge in [0.05, 0.1) is 0 Å². The highest BCUT2D eigenvalue weighted by Gasteiger charge is 2.15. The van der Waals surface area contributed by atoms with Crippen LogP contribution in [0.4, 0.5) is 0 Å². The maximum Gasteiger partial charge on any atom is 0.280 e. The third-order valence-electron chi connectivity index (χ3n) is 4.62. The molecular weight excluding hydrogens is 308 g/mol. The van der Waals surface area contributed by atoms with Gasteiger partial charge in [0, 0.05) is 0 Å². The summed E-state index contributed by atoms with van der Waals surface area (Å²) >= 11 is 0. The summed E-state index contributed by atoms with van der Waals surface area (Å²) in [6.45, 7) is 4.57. The van der Waals surface area contributed by atoms with Crippen LogP contribution in [0.1, 0.15) is 90.9 Å². The molecule has 0 N–H and O–H groups in total. The van der Waals surface area contributed by atoms with Crippen molar-refractivity contribution in [1.29, 1.82) is 0 Å². The van der Waals surface area contributed by atoms with E-state index in [9.17, 15) is 0 Å². The van der Waals surface area contributed by atoms with Crippen molar-refractivity contribution in [2.45, 2.75) is 103 Å². The third-order valence-corrected chi connectivity index (χ3v) is 6.97. The quantitative estimate of drug-likeness (QED) is 0.219. The Hall–Kier alpha value is -0.763. The molecule has 0 fully saturated rings. The van der Waals surface area contributed by atoms with Crippen LogP contribution in [0.2, 0.25) is 12.1 Å². The van der Waals surface area contributed by atoms with E-state index in [1.165, 1.54) is 89.1 Å². The second-order valence-corrected chi connectivity index (χ2v) is 9.27. The van der Waals surface area contributed by atoms with Crippen molar-refractivity contribution in [3.63, 3.8) is 0 Å². The molecular formula is C22H39OSi. The second-order valence-electron chi connectivity index (χ2n) is 6.99. The van der Waals surface area contributed by atoms with Gasteiger partial charge in [-0.2, -0.15) is 0 Å². The van der Waals surface area contributed by atoms with Gasteiger partial charge in [-0.1, -0.05) is 109 Å². The Balaban J connectivity index is 2.24. The Kier molecular flexibility index (Phi) is 14.0. The van der Waals surface area contributed by atoms with E-state index in [1.807, 2.05) is 0 Å². The van der Waals surface area contributed by atoms with Crippen molar-refractivity contribution in [2.75, 3.05) is 0 Å². The molecule has 0 heterocycles. The maximum atomic E-state index is 6.37. The molecule has 0 saturated heterocycles. The summed E-state index contributed by atoms with van der Waals surface area (Å²) in [6, 6.07) is 13.1. The zero-order valence-corrected chi connectivity index (χ0v) is 17.2. The Labute approximate surface area is 152 Å². The highest BCUT2D eigenvalue weighted by atomic mass is 28.3. The fourth-order valence-corrected chi connectivity index (χ4v) is 5.30. The fourth-order valence-electron chi connectivity index (χ4n) is 3.09. The predicted molar refractivity (Wildman–Crippen MR) is 109 cm³/mol. The molecule has 1 rings (SSSR count). The minimum Gasteiger partial charge on any atom is -0.542 e. The highest BCUT2D eigenvalue weighted by molar-refractivity contribution is 6.52. The largest absolute Gasteiger partial charge is 0.542 e. The fraction of sp³-hybridized carbons (Fsp3) is 0.727. The molecule has 0 saturated carbocycles. The molecule has 1 aromatic rings. The summed E-state index contributed by atoms with van der Waals surface area (Å²) in [5, 5.41) is 0. The van der Waals surface area contributed by atoms with Crippen LogP contribution in [0.15, 0.2) is 30.3 Å². The number of hydrogen-bond donors (Lipinski definition) is 0. The first kappa shape index (κ1) is 21.3. The van der Waals surface area contributed by atoms with Gasteiger partial charge in [-0.25, -0.2) is 0 Å². The van der Waals surface area contributed by atoms with Crippen LogP contribution in [0.5, 0.6) is 5.75 Å². The summed E-state index contributed by atoms with van der Waals surface area (Å²) < 4.78 is 6.37. The van der Waals surface area contributed by atoms with Gasteiger partial charge < -0.3 is 4.43 Å². The van der Waals surface area contributed by atoms with Gasteiger partial charge in [0.25, 0.3) is 9.04 Å². The number of benzene rings is 1. The number of para-hydroxylation sites is 1. The van der Waals surface area contributed by atoms with E-state index in [4.69, 9.17) is 4.43 Å². The molecule has 0 bridgehead atoms. The molecule has 0 unspecified atom stereocenters. The molecule has 0 spiro atoms. The summed E-state index contributed by atoms with van der Waals surface area (Å²) in [6.07, 6.45) is 16.6. The monoisotopic (exact) mass is 347 g/mol. The maximum absolute atomic E-state index is 6.37. The number of unbranched alkanes of at least 4 members (excludes halogenated alkanes) is 10. The minimum atomic E-state index is -0.682. The van der Waals surface area contributed by atoms with Crippen molar-refractivity contribution in [2.24, 2.45) is 0 Å². The van der Waals surface area contributed by atoms with Crippen molar-refractivity contribution >= 4 is 9.04 Å². The number of rotatable bonds is 16. The van der Waals surface area contributed by atoms with Gasteiger partial charge >= 0.3 is 0 Å². The van der Waals surface area contributed by atoms with Crippen molar-refractivity contribution < 1.29 is 4.43 Å². The van der Waals surface area contributed by atoms with Gasteiger partial charge in [-0.05, 0) is 24.2 Å². The van der Waals surface area contributed by atoms with Crippen molar-refractivity contribution in [3.05, 3.63) is 30.3 Å². The Morgan fingerprint density at radius 3 is 1.58 bits per heavy atom. The number of hydrogen-bond acceptors (Lipinski definition) is 1. The third kappa shape index (κ3) is 11.7. The first-order chi connectivity index (χ1) is 11.9. The van der Waals surface area contributed by atoms with Crippen molar-refractivity contribution in [3.8, 4) is 5.75 Å². The van der Waals surface area contributed by atoms with E-state index >= 15 is 0 Å². The van der Waals surface area contributed by atoms with Crippen LogP contribution in [0.3, 0.4) is 0 Å². The van der Waals surface area contributed by atoms with E-state index in [0.717, 1.165) is 5.75 Å². The lowest BCUT2D eigenvalue weighted by atomic mass is 10.1. The first-order valence-electron chi connectivity index (χ1n) is 10.4. The molecule has 0 aromatic heterocycles. The lowest BCUT2D eigenvalue weighted by Gasteiger charge is -2.17. The van der Waals surface area contributed by atoms with Crippen LogP contribution in [0.25, 0.3) is 0 Å². The molecule has 1 radical (unpaired) electrons. The standard InChI is InChI=1S/C22H39OSi/c1-3-5-7-9-11-16-20-24(21-17-12-10-8-6-4-2)23-22-18-14-13-15-19-22/h13-15,18-19H,3-12,16-17,20-21H2,1-2H3. The highest BCUT2D eigenvalue weighted by Crippen LogP contribution is 2.19. The van der Waals surface area contributed by atoms with E-state index in [-0.39, 0.29) is 0 Å². The zero-order valence-electron chi connectivity index (χ0n) is 16.2. The molecule has 137 valence electrons. The molecule has 0 aliphatic heterocycles. The topological polar surface area (TPSA) is 9.23 Å². The Morgan fingerprint density at radius 2 is 1.08 bits per heavy atom. The smallest absolute Gasteiger partial charge is 0.280 e. The van der Waals surface area contributed by atoms with E-state index in [2.05, 4.69) is 44.2 Å². The van der Waals surface area contributed by atoms with E-state index in [0.29, 0.717) is 0 Å². The molecule has 1 nitrogen and oxygen atoms in total. The minimum absolute atomic E-state index is 0.682. The Bertz CT molecular complexity index is 349. The Morgan fingerprint density at radius 1 is 0.625 bits per heavy atom. The SMILES string of the molecule is CCCCCCCC[Si](CCCCCCCC)Oc1ccccc1. The van der Waals surface area contributed by atoms with Crippen LogP contribution < -0.4 is 4.43 Å². The average molecular weight is 348 g/mol. The molecule has 0 atom stereocenters. The van der Waals surface area contributed by atoms with Gasteiger partial charge in [-0.15, -0.1) is 0 Å². The van der Waals surface area contributed by atoms with Crippen LogP contribution in [-0.4, -0.2) is 9.04 Å². The van der Waals surface area contributed by atoms with Gasteiger partial charge in [0.15, 0.2) is 0 Å². The molecule has 0 aliphatic carbocycles. The summed E-state index contributed by atoms with van der Waals surface area (Å²) in [4.78, 5) is 0. The lowest BCUT2D eigenvalue weighted by Crippen LogP contribution is -2.21. The predicted octanol–water partition coefficient (Wildman–Crippen LogP) is 7.78. The second kappa shape index (κ2) is 15.7. The summed E-state index contributed by atoms with van der Waals surface area (Å²) in [5.41, 5.74) is 0. The van der Waals surface area contributed by atoms with Crippen molar-refractivity contribution in [1.82, 2.24) is 0 Å². The van der Waals surface area contributed by atoms with Crippen LogP contribution >= 0.6 is 0 Å². The van der Waals surface area contributed by atoms with Gasteiger partial charge in [0.2, 0.25) is 0 Å². The molecule has 0 amide bonds. The van der Waals surface area contributed by atoms with Gasteiger partial charge in [-0.3, -0.25) is 0 Å². The molecule has 1 aromatic carbocycles. The van der Waals surface area contributed by atoms with Crippen LogP contribution in [0, 0.1) is 0 Å². The first-order valence-corrected chi connectivity index (χ1v) is 12.3. The molecule has 0 aliphatic rings. The lowest BCUT2D eigenvalue weighted by molar-refractivity contribution is 0.540. The zero-order chi connectivity index (χ0) is 17.3. The molecule has 24 heavy (non-hydrogen) atoms. The normalized spacial score (nSPS) is 11.1. The average Bonchev–Trinajstić information content (AvgIpc) is 2.61. The van der Waals surface area contributed by atoms with E-state index < -0.39 is 9.04 Å². The summed E-state index contributed by atoms with van der Waals surface area (Å²) in [7, 11) is -0.682. The van der Waals surface area contributed by atoms with E-state index in [1.54, 1.807) is 0 Å². The van der Waals surface area contributed by atoms with Crippen LogP contribution in [-0.2, 0) is 0 Å². The summed E-state index contributed by atoms with van der Waals surface area (Å²) in [5.74, 6) is 1.09.